The molecule has 1 heterocycles. The number of alkyl halides is 1. The van der Waals surface area contributed by atoms with Crippen molar-refractivity contribution in [3.8, 4) is 5.69 Å². The van der Waals surface area contributed by atoms with E-state index in [0.29, 0.717) is 5.69 Å². The van der Waals surface area contributed by atoms with E-state index >= 15 is 0 Å². The Kier molecular flexibility index (Phi) is 3.31. The topological polar surface area (TPSA) is 59.8 Å². The van der Waals surface area contributed by atoms with Crippen LogP contribution in [0.15, 0.2) is 36.9 Å². The number of nitrogens with zero attached hydrogens (tertiary/aromatic N) is 3. The van der Waals surface area contributed by atoms with Crippen LogP contribution in [0.2, 0.25) is 0 Å². The normalized spacial score (nSPS) is 10.1. The van der Waals surface area contributed by atoms with Crippen LogP contribution in [0.1, 0.15) is 0 Å². The first-order valence-corrected chi connectivity index (χ1v) is 5.73. The molecule has 1 N–H and O–H groups in total. The van der Waals surface area contributed by atoms with Crippen molar-refractivity contribution in [3.05, 3.63) is 36.9 Å². The number of rotatable bonds is 3. The largest absolute Gasteiger partial charge is 0.323 e. The van der Waals surface area contributed by atoms with E-state index in [9.17, 15) is 4.79 Å². The third-order valence-corrected chi connectivity index (χ3v) is 2.47. The molecule has 0 unspecified atom stereocenters. The second kappa shape index (κ2) is 4.89. The summed E-state index contributed by atoms with van der Waals surface area (Å²) in [5.41, 5.74) is 1.49. The predicted molar refractivity (Wildman–Crippen MR) is 63.8 cm³/mol. The fourth-order valence-corrected chi connectivity index (χ4v) is 1.44. The van der Waals surface area contributed by atoms with Crippen molar-refractivity contribution >= 4 is 27.5 Å². The Morgan fingerprint density at radius 1 is 1.44 bits per heavy atom. The minimum atomic E-state index is -0.104. The van der Waals surface area contributed by atoms with Crippen molar-refractivity contribution in [2.24, 2.45) is 0 Å². The molecule has 16 heavy (non-hydrogen) atoms. The van der Waals surface area contributed by atoms with Gasteiger partial charge in [0.25, 0.3) is 0 Å². The Morgan fingerprint density at radius 3 is 2.94 bits per heavy atom. The van der Waals surface area contributed by atoms with E-state index in [0.717, 1.165) is 5.69 Å². The minimum Gasteiger partial charge on any atom is -0.323 e. The van der Waals surface area contributed by atoms with Gasteiger partial charge < -0.3 is 5.32 Å². The van der Waals surface area contributed by atoms with Crippen molar-refractivity contribution in [3.63, 3.8) is 0 Å². The van der Waals surface area contributed by atoms with Gasteiger partial charge >= 0.3 is 0 Å². The first-order chi connectivity index (χ1) is 7.81. The smallest absolute Gasteiger partial charge is 0.235 e. The Bertz CT molecular complexity index is 483. The molecule has 0 aliphatic rings. The zero-order valence-electron chi connectivity index (χ0n) is 8.30. The Balaban J connectivity index is 2.35. The molecule has 82 valence electrons. The summed E-state index contributed by atoms with van der Waals surface area (Å²) < 4.78 is 1.60. The summed E-state index contributed by atoms with van der Waals surface area (Å²) in [7, 11) is 0. The van der Waals surface area contributed by atoms with E-state index in [-0.39, 0.29) is 11.2 Å². The first kappa shape index (κ1) is 10.8. The number of halogens is 1. The second-order valence-corrected chi connectivity index (χ2v) is 3.60. The van der Waals surface area contributed by atoms with Gasteiger partial charge in [-0.3, -0.25) is 4.79 Å². The molecule has 2 aromatic rings. The van der Waals surface area contributed by atoms with Crippen LogP contribution in [0.4, 0.5) is 5.69 Å². The zero-order chi connectivity index (χ0) is 11.4. The molecule has 0 saturated carbocycles. The van der Waals surface area contributed by atoms with E-state index in [1.165, 1.54) is 6.33 Å². The molecule has 2 rings (SSSR count). The minimum absolute atomic E-state index is 0.104. The standard InChI is InChI=1S/C10H9BrN4O/c11-5-10(16)14-8-3-1-2-4-9(8)15-7-12-6-13-15/h1-4,6-7H,5H2,(H,14,16). The van der Waals surface area contributed by atoms with Gasteiger partial charge in [0.2, 0.25) is 5.91 Å². The van der Waals surface area contributed by atoms with Gasteiger partial charge in [-0.25, -0.2) is 9.67 Å². The van der Waals surface area contributed by atoms with Gasteiger partial charge in [-0.2, -0.15) is 5.10 Å². The summed E-state index contributed by atoms with van der Waals surface area (Å²) in [4.78, 5) is 15.2. The lowest BCUT2D eigenvalue weighted by atomic mass is 10.2. The van der Waals surface area contributed by atoms with Gasteiger partial charge in [0.15, 0.2) is 0 Å². The number of benzene rings is 1. The van der Waals surface area contributed by atoms with Crippen molar-refractivity contribution in [2.45, 2.75) is 0 Å². The van der Waals surface area contributed by atoms with E-state index < -0.39 is 0 Å². The second-order valence-electron chi connectivity index (χ2n) is 3.04. The Labute approximate surface area is 101 Å². The molecule has 0 spiro atoms. The fourth-order valence-electron chi connectivity index (χ4n) is 1.30. The van der Waals surface area contributed by atoms with Crippen molar-refractivity contribution < 1.29 is 4.79 Å². The highest BCUT2D eigenvalue weighted by molar-refractivity contribution is 9.09. The molecular weight excluding hydrogens is 272 g/mol. The maximum absolute atomic E-state index is 11.3. The number of para-hydroxylation sites is 2. The van der Waals surface area contributed by atoms with E-state index in [1.807, 2.05) is 24.3 Å². The van der Waals surface area contributed by atoms with Crippen LogP contribution in [-0.2, 0) is 4.79 Å². The van der Waals surface area contributed by atoms with Crippen LogP contribution in [0, 0.1) is 0 Å². The number of hydrogen-bond donors (Lipinski definition) is 1. The molecule has 0 radical (unpaired) electrons. The third-order valence-electron chi connectivity index (χ3n) is 1.97. The summed E-state index contributed by atoms with van der Waals surface area (Å²) >= 11 is 3.10. The summed E-state index contributed by atoms with van der Waals surface area (Å²) in [5, 5.41) is 7.06. The first-order valence-electron chi connectivity index (χ1n) is 4.61. The molecule has 0 saturated heterocycles. The van der Waals surface area contributed by atoms with Gasteiger partial charge in [0.05, 0.1) is 16.7 Å². The van der Waals surface area contributed by atoms with Gasteiger partial charge in [0.1, 0.15) is 12.7 Å². The molecule has 6 heteroatoms. The van der Waals surface area contributed by atoms with E-state index in [4.69, 9.17) is 0 Å². The van der Waals surface area contributed by atoms with Crippen LogP contribution in [0.25, 0.3) is 5.69 Å². The predicted octanol–water partition coefficient (Wildman–Crippen LogP) is 1.60. The van der Waals surface area contributed by atoms with Crippen LogP contribution >= 0.6 is 15.9 Å². The lowest BCUT2D eigenvalue weighted by molar-refractivity contribution is -0.113. The number of anilines is 1. The molecule has 1 amide bonds. The SMILES string of the molecule is O=C(CBr)Nc1ccccc1-n1cncn1. The van der Waals surface area contributed by atoms with Gasteiger partial charge in [-0.05, 0) is 12.1 Å². The van der Waals surface area contributed by atoms with Crippen LogP contribution in [-0.4, -0.2) is 26.0 Å². The number of carbonyl (C=O) groups is 1. The highest BCUT2D eigenvalue weighted by atomic mass is 79.9. The molecule has 0 aliphatic heterocycles. The summed E-state index contributed by atoms with van der Waals surface area (Å²) in [5.74, 6) is -0.104. The highest BCUT2D eigenvalue weighted by Gasteiger charge is 2.06. The maximum atomic E-state index is 11.3. The summed E-state index contributed by atoms with van der Waals surface area (Å²) in [6.45, 7) is 0. The van der Waals surface area contributed by atoms with E-state index in [2.05, 4.69) is 31.3 Å². The van der Waals surface area contributed by atoms with Crippen LogP contribution in [0.5, 0.6) is 0 Å². The molecular formula is C10H9BrN4O. The molecule has 0 atom stereocenters. The number of carbonyl (C=O) groups excluding carboxylic acids is 1. The highest BCUT2D eigenvalue weighted by Crippen LogP contribution is 2.18. The lowest BCUT2D eigenvalue weighted by Gasteiger charge is -2.09. The van der Waals surface area contributed by atoms with Crippen molar-refractivity contribution in [1.29, 1.82) is 0 Å². The van der Waals surface area contributed by atoms with Crippen LogP contribution in [0.3, 0.4) is 0 Å². The molecule has 1 aromatic carbocycles. The quantitative estimate of drug-likeness (QED) is 0.869. The molecule has 0 bridgehead atoms. The molecule has 0 fully saturated rings. The third kappa shape index (κ3) is 2.27. The van der Waals surface area contributed by atoms with Crippen molar-refractivity contribution in [2.75, 3.05) is 10.6 Å². The van der Waals surface area contributed by atoms with E-state index in [1.54, 1.807) is 11.0 Å². The fraction of sp³-hybridized carbons (Fsp3) is 0.100. The summed E-state index contributed by atoms with van der Waals surface area (Å²) in [6.07, 6.45) is 3.03. The maximum Gasteiger partial charge on any atom is 0.235 e. The van der Waals surface area contributed by atoms with Gasteiger partial charge in [-0.1, -0.05) is 28.1 Å². The average Bonchev–Trinajstić information content (AvgIpc) is 2.83. The molecule has 0 aliphatic carbocycles. The number of amides is 1. The Hall–Kier alpha value is -1.69. The van der Waals surface area contributed by atoms with Crippen molar-refractivity contribution in [1.82, 2.24) is 14.8 Å². The average molecular weight is 281 g/mol. The van der Waals surface area contributed by atoms with Gasteiger partial charge in [-0.15, -0.1) is 0 Å². The van der Waals surface area contributed by atoms with Crippen LogP contribution < -0.4 is 5.32 Å². The number of aromatic nitrogens is 3. The monoisotopic (exact) mass is 280 g/mol. The molecule has 5 nitrogen and oxygen atoms in total. The lowest BCUT2D eigenvalue weighted by Crippen LogP contribution is -2.14. The molecule has 1 aromatic heterocycles. The Morgan fingerprint density at radius 2 is 2.25 bits per heavy atom. The zero-order valence-corrected chi connectivity index (χ0v) is 9.89. The number of hydrogen-bond acceptors (Lipinski definition) is 3. The van der Waals surface area contributed by atoms with Gasteiger partial charge in [0, 0.05) is 0 Å². The summed E-state index contributed by atoms with van der Waals surface area (Å²) in [6, 6.07) is 7.40. The number of nitrogens with one attached hydrogen (secondary N) is 1.